The molecule has 3 rings (SSSR count). The standard InChI is InChI=1S/C16H17N5O4S/c1-17-26(24,25)9-10-2-4-11(5-3-10)18-16(22)15-13-8-12(21-23)6-7-14(13)19-20-15/h2-8,17,21,23H,9H2,1H3,(H,18,22)(H,19,20). The van der Waals surface area contributed by atoms with Crippen molar-refractivity contribution < 1.29 is 18.4 Å². The molecule has 0 aliphatic heterocycles. The van der Waals surface area contributed by atoms with Gasteiger partial charge in [0.25, 0.3) is 5.91 Å². The molecule has 0 spiro atoms. The third-order valence-corrected chi connectivity index (χ3v) is 5.12. The molecule has 1 heterocycles. The molecule has 1 aromatic heterocycles. The van der Waals surface area contributed by atoms with Crippen LogP contribution in [0.25, 0.3) is 10.9 Å². The minimum Gasteiger partial charge on any atom is -0.321 e. The lowest BCUT2D eigenvalue weighted by Gasteiger charge is -2.06. The van der Waals surface area contributed by atoms with Crippen molar-refractivity contribution in [3.63, 3.8) is 0 Å². The van der Waals surface area contributed by atoms with Gasteiger partial charge in [-0.1, -0.05) is 12.1 Å². The second kappa shape index (κ2) is 7.12. The van der Waals surface area contributed by atoms with Crippen LogP contribution < -0.4 is 15.5 Å². The van der Waals surface area contributed by atoms with Crippen LogP contribution in [0.1, 0.15) is 16.1 Å². The van der Waals surface area contributed by atoms with Crippen LogP contribution in [0.4, 0.5) is 11.4 Å². The number of aromatic amines is 1. The number of aromatic nitrogens is 2. The van der Waals surface area contributed by atoms with Gasteiger partial charge in [-0.25, -0.2) is 13.1 Å². The van der Waals surface area contributed by atoms with Crippen LogP contribution in [0.15, 0.2) is 42.5 Å². The number of fused-ring (bicyclic) bond motifs is 1. The molecular weight excluding hydrogens is 358 g/mol. The van der Waals surface area contributed by atoms with Crippen molar-refractivity contribution in [2.45, 2.75) is 5.75 Å². The molecular formula is C16H17N5O4S. The third kappa shape index (κ3) is 3.82. The van der Waals surface area contributed by atoms with E-state index in [4.69, 9.17) is 5.21 Å². The molecule has 26 heavy (non-hydrogen) atoms. The number of carbonyl (C=O) groups is 1. The Morgan fingerprint density at radius 3 is 2.50 bits per heavy atom. The van der Waals surface area contributed by atoms with Crippen molar-refractivity contribution in [1.82, 2.24) is 14.9 Å². The van der Waals surface area contributed by atoms with Gasteiger partial charge in [0.1, 0.15) is 0 Å². The lowest BCUT2D eigenvalue weighted by Crippen LogP contribution is -2.20. The van der Waals surface area contributed by atoms with Crippen LogP contribution >= 0.6 is 0 Å². The maximum atomic E-state index is 12.5. The van der Waals surface area contributed by atoms with Gasteiger partial charge in [-0.15, -0.1) is 0 Å². The van der Waals surface area contributed by atoms with E-state index in [0.717, 1.165) is 0 Å². The minimum absolute atomic E-state index is 0.140. The summed E-state index contributed by atoms with van der Waals surface area (Å²) in [5.74, 6) is -0.569. The number of hydrogen-bond acceptors (Lipinski definition) is 6. The summed E-state index contributed by atoms with van der Waals surface area (Å²) in [5, 5.41) is 19.0. The number of rotatable bonds is 6. The van der Waals surface area contributed by atoms with E-state index in [1.807, 2.05) is 5.48 Å². The first kappa shape index (κ1) is 17.9. The van der Waals surface area contributed by atoms with Crippen LogP contribution in [0.2, 0.25) is 0 Å². The molecule has 0 saturated carbocycles. The van der Waals surface area contributed by atoms with Gasteiger partial charge >= 0.3 is 0 Å². The molecule has 0 aliphatic carbocycles. The van der Waals surface area contributed by atoms with Crippen LogP contribution in [0.5, 0.6) is 0 Å². The van der Waals surface area contributed by atoms with E-state index < -0.39 is 15.9 Å². The fourth-order valence-corrected chi connectivity index (χ4v) is 3.20. The lowest BCUT2D eigenvalue weighted by atomic mass is 10.1. The SMILES string of the molecule is CNS(=O)(=O)Cc1ccc(NC(=O)c2n[nH]c3ccc(NO)cc23)cc1. The number of carbonyl (C=O) groups excluding carboxylic acids is 1. The Morgan fingerprint density at radius 2 is 1.85 bits per heavy atom. The molecule has 0 aliphatic rings. The van der Waals surface area contributed by atoms with Gasteiger partial charge in [0.2, 0.25) is 10.0 Å². The summed E-state index contributed by atoms with van der Waals surface area (Å²) in [7, 11) is -2.00. The fraction of sp³-hybridized carbons (Fsp3) is 0.125. The molecule has 0 radical (unpaired) electrons. The zero-order valence-corrected chi connectivity index (χ0v) is 14.6. The Hall–Kier alpha value is -2.95. The van der Waals surface area contributed by atoms with Gasteiger partial charge in [0, 0.05) is 11.1 Å². The Kier molecular flexibility index (Phi) is 4.89. The Labute approximate surface area is 149 Å². The zero-order valence-electron chi connectivity index (χ0n) is 13.8. The molecule has 136 valence electrons. The Morgan fingerprint density at radius 1 is 1.15 bits per heavy atom. The number of nitrogens with zero attached hydrogens (tertiary/aromatic N) is 1. The normalized spacial score (nSPS) is 11.5. The maximum Gasteiger partial charge on any atom is 0.276 e. The van der Waals surface area contributed by atoms with E-state index in [-0.39, 0.29) is 11.4 Å². The molecule has 1 amide bonds. The molecule has 5 N–H and O–H groups in total. The lowest BCUT2D eigenvalue weighted by molar-refractivity contribution is 0.102. The van der Waals surface area contributed by atoms with Crippen LogP contribution in [0.3, 0.4) is 0 Å². The van der Waals surface area contributed by atoms with E-state index in [1.165, 1.54) is 7.05 Å². The summed E-state index contributed by atoms with van der Waals surface area (Å²) in [6.45, 7) is 0. The van der Waals surface area contributed by atoms with Crippen molar-refractivity contribution in [3.05, 3.63) is 53.7 Å². The molecule has 0 fully saturated rings. The average Bonchev–Trinajstić information content (AvgIpc) is 3.06. The monoisotopic (exact) mass is 375 g/mol. The van der Waals surface area contributed by atoms with Gasteiger partial charge in [-0.05, 0) is 42.9 Å². The van der Waals surface area contributed by atoms with Crippen LogP contribution in [0, 0.1) is 0 Å². The van der Waals surface area contributed by atoms with Gasteiger partial charge in [0.05, 0.1) is 17.0 Å². The van der Waals surface area contributed by atoms with Gasteiger partial charge in [-0.2, -0.15) is 5.10 Å². The largest absolute Gasteiger partial charge is 0.321 e. The molecule has 9 nitrogen and oxygen atoms in total. The molecule has 0 bridgehead atoms. The zero-order chi connectivity index (χ0) is 18.7. The molecule has 2 aromatic carbocycles. The second-order valence-corrected chi connectivity index (χ2v) is 7.49. The van der Waals surface area contributed by atoms with Crippen molar-refractivity contribution in [3.8, 4) is 0 Å². The summed E-state index contributed by atoms with van der Waals surface area (Å²) in [6, 6.07) is 11.4. The summed E-state index contributed by atoms with van der Waals surface area (Å²) >= 11 is 0. The van der Waals surface area contributed by atoms with Gasteiger partial charge in [0.15, 0.2) is 5.69 Å². The van der Waals surface area contributed by atoms with Crippen molar-refractivity contribution in [1.29, 1.82) is 0 Å². The van der Waals surface area contributed by atoms with E-state index >= 15 is 0 Å². The molecule has 10 heteroatoms. The van der Waals surface area contributed by atoms with Gasteiger partial charge < -0.3 is 5.32 Å². The first-order valence-electron chi connectivity index (χ1n) is 7.61. The smallest absolute Gasteiger partial charge is 0.276 e. The Bertz CT molecular complexity index is 1040. The third-order valence-electron chi connectivity index (χ3n) is 3.79. The second-order valence-electron chi connectivity index (χ2n) is 5.56. The number of benzene rings is 2. The quantitative estimate of drug-likeness (QED) is 0.416. The number of anilines is 2. The highest BCUT2D eigenvalue weighted by Crippen LogP contribution is 2.21. The Balaban J connectivity index is 1.78. The molecule has 0 saturated heterocycles. The molecule has 3 aromatic rings. The van der Waals surface area contributed by atoms with Gasteiger partial charge in [-0.3, -0.25) is 20.6 Å². The van der Waals surface area contributed by atoms with E-state index in [1.54, 1.807) is 42.5 Å². The first-order chi connectivity index (χ1) is 12.4. The highest BCUT2D eigenvalue weighted by molar-refractivity contribution is 7.88. The minimum atomic E-state index is -3.35. The van der Waals surface area contributed by atoms with E-state index in [0.29, 0.717) is 27.8 Å². The summed E-state index contributed by atoms with van der Waals surface area (Å²) < 4.78 is 25.3. The first-order valence-corrected chi connectivity index (χ1v) is 9.27. The van der Waals surface area contributed by atoms with Crippen LogP contribution in [-0.4, -0.2) is 36.8 Å². The van der Waals surface area contributed by atoms with Crippen molar-refractivity contribution in [2.75, 3.05) is 17.8 Å². The average molecular weight is 375 g/mol. The topological polar surface area (TPSA) is 136 Å². The number of amides is 1. The van der Waals surface area contributed by atoms with Crippen molar-refractivity contribution >= 4 is 38.2 Å². The highest BCUT2D eigenvalue weighted by Gasteiger charge is 2.15. The summed E-state index contributed by atoms with van der Waals surface area (Å²) in [4.78, 5) is 12.5. The maximum absolute atomic E-state index is 12.5. The van der Waals surface area contributed by atoms with E-state index in [9.17, 15) is 13.2 Å². The van der Waals surface area contributed by atoms with Crippen LogP contribution in [-0.2, 0) is 15.8 Å². The predicted octanol–water partition coefficient (Wildman–Crippen LogP) is 1.67. The predicted molar refractivity (Wildman–Crippen MR) is 97.6 cm³/mol. The van der Waals surface area contributed by atoms with Crippen molar-refractivity contribution in [2.24, 2.45) is 0 Å². The number of hydrogen-bond donors (Lipinski definition) is 5. The fourth-order valence-electron chi connectivity index (χ4n) is 2.42. The molecule has 0 unspecified atom stereocenters. The number of H-pyrrole nitrogens is 1. The summed E-state index contributed by atoms with van der Waals surface area (Å²) in [6.07, 6.45) is 0. The highest BCUT2D eigenvalue weighted by atomic mass is 32.2. The summed E-state index contributed by atoms with van der Waals surface area (Å²) in [5.41, 5.74) is 4.40. The number of nitrogens with one attached hydrogen (secondary N) is 4. The van der Waals surface area contributed by atoms with E-state index in [2.05, 4.69) is 20.2 Å². The molecule has 0 atom stereocenters. The number of sulfonamides is 1.